The fourth-order valence-electron chi connectivity index (χ4n) is 3.67. The molecule has 4 nitrogen and oxygen atoms in total. The number of aryl methyl sites for hydroxylation is 1. The van der Waals surface area contributed by atoms with E-state index in [-0.39, 0.29) is 18.4 Å². The van der Waals surface area contributed by atoms with Gasteiger partial charge in [-0.2, -0.15) is 13.2 Å². The highest BCUT2D eigenvalue weighted by atomic mass is 19.4. The molecule has 1 unspecified atom stereocenters. The van der Waals surface area contributed by atoms with Crippen LogP contribution in [-0.2, 0) is 17.4 Å². The normalized spacial score (nSPS) is 16.8. The Balaban J connectivity index is 1.31. The van der Waals surface area contributed by atoms with Crippen LogP contribution in [0.2, 0.25) is 0 Å². The number of para-hydroxylation sites is 1. The Kier molecular flexibility index (Phi) is 5.61. The van der Waals surface area contributed by atoms with Crippen LogP contribution in [0.4, 0.5) is 13.2 Å². The molecule has 1 aliphatic rings. The molecule has 2 aromatic carbocycles. The minimum atomic E-state index is -4.35. The number of amides is 1. The summed E-state index contributed by atoms with van der Waals surface area (Å²) in [6.45, 7) is 1.10. The standard InChI is InChI=1S/C23H21F3N2O2/c24-23(25,26)18-9-6-16(7-10-18)8-11-21(29)28-14-12-19(15-28)30-20-5-1-3-17-4-2-13-27-22(17)20/h1-7,9-10,13,19H,8,11-12,14-15H2. The van der Waals surface area contributed by atoms with Crippen molar-refractivity contribution >= 4 is 16.8 Å². The summed E-state index contributed by atoms with van der Waals surface area (Å²) >= 11 is 0. The SMILES string of the molecule is O=C(CCc1ccc(C(F)(F)F)cc1)N1CCC(Oc2cccc3cccnc23)C1. The van der Waals surface area contributed by atoms with Gasteiger partial charge < -0.3 is 9.64 Å². The molecule has 30 heavy (non-hydrogen) atoms. The van der Waals surface area contributed by atoms with Gasteiger partial charge >= 0.3 is 6.18 Å². The topological polar surface area (TPSA) is 42.4 Å². The zero-order valence-corrected chi connectivity index (χ0v) is 16.2. The number of carbonyl (C=O) groups excluding carboxylic acids is 1. The highest BCUT2D eigenvalue weighted by Gasteiger charge is 2.30. The molecule has 1 fully saturated rings. The largest absolute Gasteiger partial charge is 0.486 e. The van der Waals surface area contributed by atoms with Crippen LogP contribution in [0, 0.1) is 0 Å². The molecule has 3 aromatic rings. The fourth-order valence-corrected chi connectivity index (χ4v) is 3.67. The van der Waals surface area contributed by atoms with Crippen molar-refractivity contribution in [2.24, 2.45) is 0 Å². The molecule has 0 aliphatic carbocycles. The third kappa shape index (κ3) is 4.56. The number of ether oxygens (including phenoxy) is 1. The highest BCUT2D eigenvalue weighted by molar-refractivity contribution is 5.84. The summed E-state index contributed by atoms with van der Waals surface area (Å²) in [7, 11) is 0. The molecule has 0 bridgehead atoms. The molecule has 2 heterocycles. The lowest BCUT2D eigenvalue weighted by Gasteiger charge is -2.18. The number of likely N-dealkylation sites (tertiary alicyclic amines) is 1. The van der Waals surface area contributed by atoms with Crippen molar-refractivity contribution in [2.75, 3.05) is 13.1 Å². The molecule has 1 aliphatic heterocycles. The maximum absolute atomic E-state index is 12.6. The first kappa shape index (κ1) is 20.2. The fraction of sp³-hybridized carbons (Fsp3) is 0.304. The molecule has 1 saturated heterocycles. The van der Waals surface area contributed by atoms with Crippen LogP contribution in [0.5, 0.6) is 5.75 Å². The number of carbonyl (C=O) groups is 1. The van der Waals surface area contributed by atoms with Crippen molar-refractivity contribution in [3.8, 4) is 5.75 Å². The molecule has 0 radical (unpaired) electrons. The summed E-state index contributed by atoms with van der Waals surface area (Å²) in [4.78, 5) is 18.7. The number of rotatable bonds is 5. The van der Waals surface area contributed by atoms with Crippen LogP contribution >= 0.6 is 0 Å². The Morgan fingerprint density at radius 1 is 1.10 bits per heavy atom. The molecule has 4 rings (SSSR count). The van der Waals surface area contributed by atoms with E-state index in [1.54, 1.807) is 11.1 Å². The second kappa shape index (κ2) is 8.34. The molecule has 7 heteroatoms. The van der Waals surface area contributed by atoms with E-state index in [4.69, 9.17) is 4.74 Å². The van der Waals surface area contributed by atoms with Crippen molar-refractivity contribution in [3.05, 3.63) is 71.9 Å². The van der Waals surface area contributed by atoms with Gasteiger partial charge in [-0.15, -0.1) is 0 Å². The van der Waals surface area contributed by atoms with Gasteiger partial charge in [0.25, 0.3) is 0 Å². The lowest BCUT2D eigenvalue weighted by Crippen LogP contribution is -2.31. The summed E-state index contributed by atoms with van der Waals surface area (Å²) in [5.41, 5.74) is 0.831. The first-order valence-electron chi connectivity index (χ1n) is 9.84. The number of halogens is 3. The Hall–Kier alpha value is -3.09. The summed E-state index contributed by atoms with van der Waals surface area (Å²) in [5.74, 6) is 0.689. The molecule has 1 aromatic heterocycles. The lowest BCUT2D eigenvalue weighted by atomic mass is 10.1. The Morgan fingerprint density at radius 3 is 2.63 bits per heavy atom. The number of benzene rings is 2. The Morgan fingerprint density at radius 2 is 1.87 bits per heavy atom. The van der Waals surface area contributed by atoms with Gasteiger partial charge in [0.2, 0.25) is 5.91 Å². The van der Waals surface area contributed by atoms with Crippen molar-refractivity contribution in [1.29, 1.82) is 0 Å². The zero-order valence-electron chi connectivity index (χ0n) is 16.2. The molecule has 156 valence electrons. The van der Waals surface area contributed by atoms with Gasteiger partial charge in [0, 0.05) is 31.0 Å². The van der Waals surface area contributed by atoms with E-state index < -0.39 is 11.7 Å². The molecule has 0 saturated carbocycles. The molecule has 0 N–H and O–H groups in total. The number of alkyl halides is 3. The number of pyridine rings is 1. The Labute approximate surface area is 172 Å². The third-order valence-corrected chi connectivity index (χ3v) is 5.30. The van der Waals surface area contributed by atoms with Crippen molar-refractivity contribution in [3.63, 3.8) is 0 Å². The van der Waals surface area contributed by atoms with E-state index in [2.05, 4.69) is 4.98 Å². The number of aromatic nitrogens is 1. The predicted molar refractivity (Wildman–Crippen MR) is 107 cm³/mol. The molecular formula is C23H21F3N2O2. The van der Waals surface area contributed by atoms with Gasteiger partial charge in [-0.05, 0) is 36.2 Å². The molecule has 0 spiro atoms. The zero-order chi connectivity index (χ0) is 21.1. The van der Waals surface area contributed by atoms with Gasteiger partial charge in [-0.1, -0.05) is 30.3 Å². The van der Waals surface area contributed by atoms with E-state index in [0.717, 1.165) is 29.5 Å². The Bertz CT molecular complexity index is 1030. The maximum atomic E-state index is 12.6. The summed E-state index contributed by atoms with van der Waals surface area (Å²) in [6, 6.07) is 14.6. The first-order valence-corrected chi connectivity index (χ1v) is 9.84. The van der Waals surface area contributed by atoms with Gasteiger partial charge in [-0.3, -0.25) is 9.78 Å². The summed E-state index contributed by atoms with van der Waals surface area (Å²) < 4.78 is 44.0. The minimum Gasteiger partial charge on any atom is -0.486 e. The smallest absolute Gasteiger partial charge is 0.416 e. The van der Waals surface area contributed by atoms with E-state index in [1.165, 1.54) is 12.1 Å². The number of fused-ring (bicyclic) bond motifs is 1. The number of nitrogens with zero attached hydrogens (tertiary/aromatic N) is 2. The van der Waals surface area contributed by atoms with Crippen LogP contribution in [0.1, 0.15) is 24.0 Å². The van der Waals surface area contributed by atoms with Crippen LogP contribution in [-0.4, -0.2) is 35.0 Å². The van der Waals surface area contributed by atoms with Gasteiger partial charge in [0.05, 0.1) is 12.1 Å². The quantitative estimate of drug-likeness (QED) is 0.599. The number of hydrogen-bond acceptors (Lipinski definition) is 3. The minimum absolute atomic E-state index is 0.0166. The van der Waals surface area contributed by atoms with E-state index in [1.807, 2.05) is 30.3 Å². The molecule has 1 atom stereocenters. The molecular weight excluding hydrogens is 393 g/mol. The summed E-state index contributed by atoms with van der Waals surface area (Å²) in [6.07, 6.45) is -1.33. The van der Waals surface area contributed by atoms with Gasteiger partial charge in [0.15, 0.2) is 0 Å². The average molecular weight is 414 g/mol. The van der Waals surface area contributed by atoms with Crippen LogP contribution in [0.15, 0.2) is 60.8 Å². The maximum Gasteiger partial charge on any atom is 0.416 e. The number of hydrogen-bond donors (Lipinski definition) is 0. The van der Waals surface area contributed by atoms with Crippen LogP contribution in [0.3, 0.4) is 0 Å². The third-order valence-electron chi connectivity index (χ3n) is 5.30. The predicted octanol–water partition coefficient (Wildman–Crippen LogP) is 4.87. The van der Waals surface area contributed by atoms with E-state index in [9.17, 15) is 18.0 Å². The second-order valence-corrected chi connectivity index (χ2v) is 7.39. The monoisotopic (exact) mass is 414 g/mol. The van der Waals surface area contributed by atoms with E-state index >= 15 is 0 Å². The van der Waals surface area contributed by atoms with Gasteiger partial charge in [0.1, 0.15) is 17.4 Å². The average Bonchev–Trinajstić information content (AvgIpc) is 3.21. The highest BCUT2D eigenvalue weighted by Crippen LogP contribution is 2.29. The van der Waals surface area contributed by atoms with Crippen LogP contribution in [0.25, 0.3) is 10.9 Å². The summed E-state index contributed by atoms with van der Waals surface area (Å²) in [5, 5.41) is 0.998. The van der Waals surface area contributed by atoms with Crippen molar-refractivity contribution in [1.82, 2.24) is 9.88 Å². The van der Waals surface area contributed by atoms with Gasteiger partial charge in [-0.25, -0.2) is 0 Å². The van der Waals surface area contributed by atoms with E-state index in [0.29, 0.717) is 30.8 Å². The lowest BCUT2D eigenvalue weighted by molar-refractivity contribution is -0.137. The van der Waals surface area contributed by atoms with Crippen LogP contribution < -0.4 is 4.74 Å². The second-order valence-electron chi connectivity index (χ2n) is 7.39. The van der Waals surface area contributed by atoms with Crippen molar-refractivity contribution in [2.45, 2.75) is 31.5 Å². The molecule has 1 amide bonds. The first-order chi connectivity index (χ1) is 14.4. The van der Waals surface area contributed by atoms with Crippen molar-refractivity contribution < 1.29 is 22.7 Å².